The third-order valence-corrected chi connectivity index (χ3v) is 5.71. The fraction of sp³-hybridized carbons (Fsp3) is 0.429. The Morgan fingerprint density at radius 2 is 1.68 bits per heavy atom. The average molecular weight is 343 g/mol. The van der Waals surface area contributed by atoms with E-state index in [0.717, 1.165) is 24.0 Å². The Morgan fingerprint density at radius 1 is 1.00 bits per heavy atom. The standard InChI is InChI=1S/C21H23F2NO/c1-24-17-11-12-18(24)20(23)19(13-17)25-21(14-5-3-2-4-6-14)15-7-9-16(22)10-8-15/h2-10,17-21H,11-13H2,1H3/t17?,18?,19-,20?,21?/m1/s1. The van der Waals surface area contributed by atoms with E-state index in [0.29, 0.717) is 12.5 Å². The van der Waals surface area contributed by atoms with Gasteiger partial charge in [-0.25, -0.2) is 8.78 Å². The lowest BCUT2D eigenvalue weighted by Crippen LogP contribution is -2.51. The predicted octanol–water partition coefficient (Wildman–Crippen LogP) is 4.50. The van der Waals surface area contributed by atoms with E-state index in [2.05, 4.69) is 4.90 Å². The molecule has 5 atom stereocenters. The summed E-state index contributed by atoms with van der Waals surface area (Å²) in [6.07, 6.45) is 0.841. The van der Waals surface area contributed by atoms with Gasteiger partial charge in [0.25, 0.3) is 0 Å². The largest absolute Gasteiger partial charge is 0.362 e. The zero-order valence-electron chi connectivity index (χ0n) is 14.3. The van der Waals surface area contributed by atoms with Gasteiger partial charge in [0.05, 0.1) is 6.10 Å². The summed E-state index contributed by atoms with van der Waals surface area (Å²) in [6.45, 7) is 0. The van der Waals surface area contributed by atoms with E-state index in [-0.39, 0.29) is 18.0 Å². The average Bonchev–Trinajstić information content (AvgIpc) is 2.90. The van der Waals surface area contributed by atoms with Gasteiger partial charge in [-0.15, -0.1) is 0 Å². The van der Waals surface area contributed by atoms with Crippen molar-refractivity contribution in [3.8, 4) is 0 Å². The van der Waals surface area contributed by atoms with Crippen molar-refractivity contribution in [2.24, 2.45) is 0 Å². The summed E-state index contributed by atoms with van der Waals surface area (Å²) in [4.78, 5) is 2.17. The van der Waals surface area contributed by atoms with Crippen LogP contribution >= 0.6 is 0 Å². The molecule has 0 N–H and O–H groups in total. The van der Waals surface area contributed by atoms with Gasteiger partial charge < -0.3 is 4.74 Å². The number of hydrogen-bond donors (Lipinski definition) is 0. The second kappa shape index (κ2) is 6.85. The number of ether oxygens (including phenoxy) is 1. The molecule has 25 heavy (non-hydrogen) atoms. The number of fused-ring (bicyclic) bond motifs is 2. The Bertz CT molecular complexity index is 706. The SMILES string of the molecule is CN1C2CCC1C(F)[C@H](OC(c1ccccc1)c1ccc(F)cc1)C2. The van der Waals surface area contributed by atoms with Crippen LogP contribution in [-0.4, -0.2) is 36.3 Å². The molecule has 2 aromatic carbocycles. The number of rotatable bonds is 4. The Morgan fingerprint density at radius 3 is 2.40 bits per heavy atom. The molecule has 0 saturated carbocycles. The lowest BCUT2D eigenvalue weighted by Gasteiger charge is -2.40. The van der Waals surface area contributed by atoms with E-state index in [9.17, 15) is 4.39 Å². The van der Waals surface area contributed by atoms with E-state index in [1.807, 2.05) is 37.4 Å². The Kier molecular flexibility index (Phi) is 4.57. The first-order valence-electron chi connectivity index (χ1n) is 8.95. The highest BCUT2D eigenvalue weighted by Crippen LogP contribution is 2.40. The zero-order valence-corrected chi connectivity index (χ0v) is 14.3. The molecule has 2 aliphatic heterocycles. The van der Waals surface area contributed by atoms with Crippen molar-refractivity contribution in [2.75, 3.05) is 7.05 Å². The quantitative estimate of drug-likeness (QED) is 0.810. The van der Waals surface area contributed by atoms with Gasteiger partial charge in [0, 0.05) is 12.1 Å². The van der Waals surface area contributed by atoms with Crippen LogP contribution in [0.3, 0.4) is 0 Å². The van der Waals surface area contributed by atoms with E-state index >= 15 is 4.39 Å². The minimum atomic E-state index is -0.990. The van der Waals surface area contributed by atoms with Gasteiger partial charge in [-0.1, -0.05) is 42.5 Å². The number of nitrogens with zero attached hydrogens (tertiary/aromatic N) is 1. The van der Waals surface area contributed by atoms with Crippen LogP contribution in [0.4, 0.5) is 8.78 Å². The maximum atomic E-state index is 15.0. The normalized spacial score (nSPS) is 30.4. The van der Waals surface area contributed by atoms with Gasteiger partial charge in [0.2, 0.25) is 0 Å². The molecule has 0 amide bonds. The van der Waals surface area contributed by atoms with Crippen LogP contribution in [0.15, 0.2) is 54.6 Å². The first-order valence-corrected chi connectivity index (χ1v) is 8.95. The van der Waals surface area contributed by atoms with E-state index in [1.54, 1.807) is 12.1 Å². The Hall–Kier alpha value is -1.78. The summed E-state index contributed by atoms with van der Waals surface area (Å²) in [5.41, 5.74) is 1.82. The first-order chi connectivity index (χ1) is 12.1. The molecule has 2 nitrogen and oxygen atoms in total. The summed E-state index contributed by atoms with van der Waals surface area (Å²) in [5.74, 6) is -0.281. The van der Waals surface area contributed by atoms with Crippen molar-refractivity contribution in [1.29, 1.82) is 0 Å². The smallest absolute Gasteiger partial charge is 0.142 e. The van der Waals surface area contributed by atoms with Gasteiger partial charge >= 0.3 is 0 Å². The highest BCUT2D eigenvalue weighted by Gasteiger charge is 2.47. The summed E-state index contributed by atoms with van der Waals surface area (Å²) < 4.78 is 34.7. The van der Waals surface area contributed by atoms with Gasteiger partial charge in [-0.3, -0.25) is 4.90 Å². The van der Waals surface area contributed by atoms with Crippen molar-refractivity contribution in [2.45, 2.75) is 49.7 Å². The molecule has 4 heteroatoms. The second-order valence-corrected chi connectivity index (χ2v) is 7.16. The zero-order chi connectivity index (χ0) is 17.4. The number of halogens is 2. The maximum Gasteiger partial charge on any atom is 0.142 e. The first kappa shape index (κ1) is 16.7. The van der Waals surface area contributed by atoms with Crippen LogP contribution < -0.4 is 0 Å². The third-order valence-electron chi connectivity index (χ3n) is 5.71. The molecule has 4 unspecified atom stereocenters. The molecule has 0 aromatic heterocycles. The predicted molar refractivity (Wildman–Crippen MR) is 93.6 cm³/mol. The molecule has 2 aromatic rings. The minimum absolute atomic E-state index is 0.0478. The fourth-order valence-electron chi connectivity index (χ4n) is 4.28. The molecule has 2 heterocycles. The van der Waals surface area contributed by atoms with Crippen LogP contribution in [0.5, 0.6) is 0 Å². The highest BCUT2D eigenvalue weighted by atomic mass is 19.1. The topological polar surface area (TPSA) is 12.5 Å². The van der Waals surface area contributed by atoms with E-state index in [4.69, 9.17) is 4.74 Å². The third kappa shape index (κ3) is 3.21. The molecule has 132 valence electrons. The molecule has 2 fully saturated rings. The Labute approximate surface area is 147 Å². The lowest BCUT2D eigenvalue weighted by molar-refractivity contribution is -0.0908. The molecule has 0 radical (unpaired) electrons. The van der Waals surface area contributed by atoms with Gasteiger partial charge in [0.15, 0.2) is 0 Å². The number of hydrogen-bond acceptors (Lipinski definition) is 2. The molecule has 0 spiro atoms. The second-order valence-electron chi connectivity index (χ2n) is 7.16. The highest BCUT2D eigenvalue weighted by molar-refractivity contribution is 5.30. The summed E-state index contributed by atoms with van der Waals surface area (Å²) >= 11 is 0. The molecular weight excluding hydrogens is 320 g/mol. The minimum Gasteiger partial charge on any atom is -0.362 e. The summed E-state index contributed by atoms with van der Waals surface area (Å²) in [5, 5.41) is 0. The summed E-state index contributed by atoms with van der Waals surface area (Å²) in [7, 11) is 2.01. The molecule has 4 rings (SSSR count). The van der Waals surface area contributed by atoms with Crippen LogP contribution in [0.1, 0.15) is 36.5 Å². The van der Waals surface area contributed by atoms with Crippen molar-refractivity contribution >= 4 is 0 Å². The lowest BCUT2D eigenvalue weighted by atomic mass is 9.96. The van der Waals surface area contributed by atoms with Crippen molar-refractivity contribution in [3.05, 3.63) is 71.5 Å². The van der Waals surface area contributed by atoms with Crippen LogP contribution in [-0.2, 0) is 4.74 Å². The number of benzene rings is 2. The molecule has 2 aliphatic rings. The van der Waals surface area contributed by atoms with E-state index < -0.39 is 12.3 Å². The number of piperidine rings is 1. The maximum absolute atomic E-state index is 15.0. The monoisotopic (exact) mass is 343 g/mol. The van der Waals surface area contributed by atoms with Crippen LogP contribution in [0.25, 0.3) is 0 Å². The number of alkyl halides is 1. The van der Waals surface area contributed by atoms with Crippen molar-refractivity contribution < 1.29 is 13.5 Å². The summed E-state index contributed by atoms with van der Waals surface area (Å²) in [6, 6.07) is 16.4. The van der Waals surface area contributed by atoms with Gasteiger partial charge in [0.1, 0.15) is 18.1 Å². The van der Waals surface area contributed by atoms with Gasteiger partial charge in [-0.05, 0) is 49.6 Å². The Balaban J connectivity index is 1.62. The van der Waals surface area contributed by atoms with Crippen LogP contribution in [0, 0.1) is 5.82 Å². The molecule has 0 aliphatic carbocycles. The van der Waals surface area contributed by atoms with Gasteiger partial charge in [-0.2, -0.15) is 0 Å². The fourth-order valence-corrected chi connectivity index (χ4v) is 4.28. The van der Waals surface area contributed by atoms with Crippen molar-refractivity contribution in [3.63, 3.8) is 0 Å². The molecular formula is C21H23F2NO. The molecule has 2 saturated heterocycles. The van der Waals surface area contributed by atoms with E-state index in [1.165, 1.54) is 12.1 Å². The van der Waals surface area contributed by atoms with Crippen LogP contribution in [0.2, 0.25) is 0 Å². The van der Waals surface area contributed by atoms with Crippen molar-refractivity contribution in [1.82, 2.24) is 4.90 Å². The molecule has 2 bridgehead atoms.